The Morgan fingerprint density at radius 2 is 1.58 bits per heavy atom. The van der Waals surface area contributed by atoms with Crippen LogP contribution in [0.4, 0.5) is 0 Å². The second-order valence-corrected chi connectivity index (χ2v) is 14.9. The van der Waals surface area contributed by atoms with E-state index in [0.717, 1.165) is 32.1 Å². The minimum absolute atomic E-state index is 0.0118. The molecule has 5 rings (SSSR count). The largest absolute Gasteiger partial charge is 0.481 e. The van der Waals surface area contributed by atoms with E-state index in [9.17, 15) is 14.7 Å². The molecular weight excluding hydrogens is 408 g/mol. The molecule has 8 atom stereocenters. The second kappa shape index (κ2) is 6.76. The quantitative estimate of drug-likeness (QED) is 0.448. The Labute approximate surface area is 201 Å². The molecule has 0 aromatic rings. The minimum atomic E-state index is -0.679. The van der Waals surface area contributed by atoms with Crippen molar-refractivity contribution in [1.29, 1.82) is 0 Å². The lowest BCUT2D eigenvalue weighted by molar-refractivity contribution is -0.185. The zero-order valence-corrected chi connectivity index (χ0v) is 22.1. The van der Waals surface area contributed by atoms with Crippen LogP contribution in [0.15, 0.2) is 11.6 Å². The summed E-state index contributed by atoms with van der Waals surface area (Å²) in [6.45, 7) is 16.6. The van der Waals surface area contributed by atoms with E-state index in [-0.39, 0.29) is 33.5 Å². The Bertz CT molecular complexity index is 931. The fraction of sp³-hybridized carbons (Fsp3) is 0.867. The Kier molecular flexibility index (Phi) is 4.83. The molecule has 0 unspecified atom stereocenters. The van der Waals surface area contributed by atoms with Gasteiger partial charge in [0.1, 0.15) is 0 Å². The average Bonchev–Trinajstić information content (AvgIpc) is 2.70. The first-order chi connectivity index (χ1) is 15.1. The summed E-state index contributed by atoms with van der Waals surface area (Å²) in [5, 5.41) is 10.0. The SMILES string of the molecule is CC1(C)CCC[C@]2(C)[C@H]3C(=O)C=C4[C@H]5C[C@@](C)(C(=O)O)CC[C@]5(C)CC[C@@]4(C)[C@]3(C)CC[C@@H]12. The topological polar surface area (TPSA) is 54.4 Å². The van der Waals surface area contributed by atoms with Crippen LogP contribution in [0, 0.1) is 50.2 Å². The van der Waals surface area contributed by atoms with Crippen molar-refractivity contribution in [3.8, 4) is 0 Å². The first-order valence-electron chi connectivity index (χ1n) is 13.6. The number of hydrogen-bond acceptors (Lipinski definition) is 2. The third-order valence-electron chi connectivity index (χ3n) is 12.8. The lowest BCUT2D eigenvalue weighted by Crippen LogP contribution is -2.65. The van der Waals surface area contributed by atoms with Crippen LogP contribution in [0.1, 0.15) is 113 Å². The van der Waals surface area contributed by atoms with Gasteiger partial charge in [-0.25, -0.2) is 0 Å². The van der Waals surface area contributed by atoms with E-state index in [0.29, 0.717) is 23.5 Å². The number of carbonyl (C=O) groups excluding carboxylic acids is 1. The molecule has 0 aliphatic heterocycles. The number of aliphatic carboxylic acids is 1. The van der Waals surface area contributed by atoms with Crippen molar-refractivity contribution in [2.24, 2.45) is 50.2 Å². The van der Waals surface area contributed by atoms with E-state index in [2.05, 4.69) is 47.6 Å². The van der Waals surface area contributed by atoms with Gasteiger partial charge in [0.05, 0.1) is 5.41 Å². The Morgan fingerprint density at radius 1 is 0.909 bits per heavy atom. The summed E-state index contributed by atoms with van der Waals surface area (Å²) in [4.78, 5) is 26.4. The summed E-state index contributed by atoms with van der Waals surface area (Å²) in [5.74, 6) is 0.609. The van der Waals surface area contributed by atoms with Gasteiger partial charge in [-0.2, -0.15) is 0 Å². The molecule has 0 bridgehead atoms. The summed E-state index contributed by atoms with van der Waals surface area (Å²) < 4.78 is 0. The van der Waals surface area contributed by atoms with E-state index in [1.54, 1.807) is 0 Å². The van der Waals surface area contributed by atoms with Gasteiger partial charge < -0.3 is 5.11 Å². The molecule has 0 saturated heterocycles. The van der Waals surface area contributed by atoms with Gasteiger partial charge in [0.15, 0.2) is 5.78 Å². The lowest BCUT2D eigenvalue weighted by Gasteiger charge is -2.70. The number of allylic oxidation sites excluding steroid dienone is 2. The summed E-state index contributed by atoms with van der Waals surface area (Å²) >= 11 is 0. The molecule has 0 amide bonds. The first-order valence-corrected chi connectivity index (χ1v) is 13.6. The van der Waals surface area contributed by atoms with E-state index in [4.69, 9.17) is 0 Å². The molecule has 5 aliphatic carbocycles. The number of carboxylic acids is 1. The van der Waals surface area contributed by atoms with Gasteiger partial charge in [-0.1, -0.05) is 53.5 Å². The molecule has 1 N–H and O–H groups in total. The molecule has 0 radical (unpaired) electrons. The normalized spacial score (nSPS) is 53.1. The molecule has 5 aliphatic rings. The highest BCUT2D eigenvalue weighted by Gasteiger charge is 2.69. The molecule has 33 heavy (non-hydrogen) atoms. The molecule has 4 saturated carbocycles. The maximum atomic E-state index is 14.2. The molecule has 3 heteroatoms. The molecule has 0 aromatic heterocycles. The number of rotatable bonds is 1. The van der Waals surface area contributed by atoms with Gasteiger partial charge >= 0.3 is 5.97 Å². The smallest absolute Gasteiger partial charge is 0.309 e. The number of hydrogen-bond donors (Lipinski definition) is 1. The second-order valence-electron chi connectivity index (χ2n) is 14.9. The standard InChI is InChI=1S/C30H46O3/c1-25(2)10-8-11-28(5)22(25)9-12-30(7)23(28)21(31)17-19-20-18-27(4,24(32)33)14-13-26(20,3)15-16-29(19,30)6/h17,20,22-23H,8-16,18H2,1-7H3,(H,32,33)/t20-,22+,23-,26-,27+,28+,29-,30-/m1/s1. The summed E-state index contributed by atoms with van der Waals surface area (Å²) in [5.41, 5.74) is 1.09. The van der Waals surface area contributed by atoms with Crippen molar-refractivity contribution >= 4 is 11.8 Å². The lowest BCUT2D eigenvalue weighted by atomic mass is 9.33. The Hall–Kier alpha value is -1.12. The summed E-state index contributed by atoms with van der Waals surface area (Å²) in [7, 11) is 0. The van der Waals surface area contributed by atoms with Gasteiger partial charge in [-0.3, -0.25) is 9.59 Å². The third-order valence-corrected chi connectivity index (χ3v) is 12.8. The molecular formula is C30H46O3. The highest BCUT2D eigenvalue weighted by molar-refractivity contribution is 5.95. The monoisotopic (exact) mass is 454 g/mol. The van der Waals surface area contributed by atoms with E-state index in [1.807, 2.05) is 6.92 Å². The van der Waals surface area contributed by atoms with Crippen molar-refractivity contribution in [2.45, 2.75) is 113 Å². The van der Waals surface area contributed by atoms with Gasteiger partial charge in [0.25, 0.3) is 0 Å². The maximum absolute atomic E-state index is 14.2. The molecule has 0 spiro atoms. The molecule has 3 nitrogen and oxygen atoms in total. The van der Waals surface area contributed by atoms with E-state index in [1.165, 1.54) is 31.3 Å². The van der Waals surface area contributed by atoms with E-state index >= 15 is 0 Å². The van der Waals surface area contributed by atoms with Crippen LogP contribution in [-0.4, -0.2) is 16.9 Å². The average molecular weight is 455 g/mol. The highest BCUT2D eigenvalue weighted by Crippen LogP contribution is 2.75. The fourth-order valence-electron chi connectivity index (χ4n) is 10.5. The first kappa shape index (κ1) is 23.6. The van der Waals surface area contributed by atoms with Gasteiger partial charge in [0, 0.05) is 5.92 Å². The van der Waals surface area contributed by atoms with Gasteiger partial charge in [-0.05, 0) is 110 Å². The van der Waals surface area contributed by atoms with Crippen LogP contribution < -0.4 is 0 Å². The van der Waals surface area contributed by atoms with Crippen molar-refractivity contribution in [2.75, 3.05) is 0 Å². The predicted octanol–water partition coefficient (Wildman–Crippen LogP) is 7.44. The predicted molar refractivity (Wildman–Crippen MR) is 132 cm³/mol. The van der Waals surface area contributed by atoms with Gasteiger partial charge in [-0.15, -0.1) is 0 Å². The zero-order chi connectivity index (χ0) is 24.2. The van der Waals surface area contributed by atoms with Crippen molar-refractivity contribution in [1.82, 2.24) is 0 Å². The van der Waals surface area contributed by atoms with Crippen LogP contribution >= 0.6 is 0 Å². The Balaban J connectivity index is 1.63. The molecule has 0 heterocycles. The molecule has 0 aromatic carbocycles. The number of fused-ring (bicyclic) bond motifs is 7. The summed E-state index contributed by atoms with van der Waals surface area (Å²) in [6, 6.07) is 0. The fourth-order valence-corrected chi connectivity index (χ4v) is 10.5. The van der Waals surface area contributed by atoms with Crippen molar-refractivity contribution in [3.63, 3.8) is 0 Å². The number of ketones is 1. The van der Waals surface area contributed by atoms with Crippen LogP contribution in [0.25, 0.3) is 0 Å². The Morgan fingerprint density at radius 3 is 2.24 bits per heavy atom. The van der Waals surface area contributed by atoms with Crippen LogP contribution in [-0.2, 0) is 9.59 Å². The van der Waals surface area contributed by atoms with Crippen LogP contribution in [0.5, 0.6) is 0 Å². The van der Waals surface area contributed by atoms with Crippen molar-refractivity contribution in [3.05, 3.63) is 11.6 Å². The van der Waals surface area contributed by atoms with Crippen LogP contribution in [0.2, 0.25) is 0 Å². The van der Waals surface area contributed by atoms with Crippen molar-refractivity contribution < 1.29 is 14.7 Å². The number of carbonyl (C=O) groups is 2. The molecule has 184 valence electrons. The molecule has 4 fully saturated rings. The third kappa shape index (κ3) is 2.86. The highest BCUT2D eigenvalue weighted by atomic mass is 16.4. The maximum Gasteiger partial charge on any atom is 0.309 e. The van der Waals surface area contributed by atoms with Crippen LogP contribution in [0.3, 0.4) is 0 Å². The van der Waals surface area contributed by atoms with E-state index < -0.39 is 11.4 Å². The number of carboxylic acid groups (broad SMARTS) is 1. The zero-order valence-electron chi connectivity index (χ0n) is 22.1. The summed E-state index contributed by atoms with van der Waals surface area (Å²) in [6.07, 6.45) is 12.8. The van der Waals surface area contributed by atoms with Gasteiger partial charge in [0.2, 0.25) is 0 Å². The minimum Gasteiger partial charge on any atom is -0.481 e.